The van der Waals surface area contributed by atoms with Gasteiger partial charge in [0.2, 0.25) is 0 Å². The van der Waals surface area contributed by atoms with Crippen molar-refractivity contribution >= 4 is 16.9 Å². The van der Waals surface area contributed by atoms with Crippen molar-refractivity contribution in [1.29, 1.82) is 0 Å². The molecule has 0 aliphatic carbocycles. The first-order chi connectivity index (χ1) is 12.4. The smallest absolute Gasteiger partial charge is 0.100 e. The molecule has 3 heterocycles. The third-order valence-electron chi connectivity index (χ3n) is 6.25. The van der Waals surface area contributed by atoms with Gasteiger partial charge >= 0.3 is 0 Å². The number of aromatic nitrogens is 1. The number of allylic oxidation sites excluding steroid dienone is 1. The molecule has 0 saturated carbocycles. The van der Waals surface area contributed by atoms with Crippen LogP contribution in [0.15, 0.2) is 35.9 Å². The first-order valence-corrected chi connectivity index (χ1v) is 9.25. The van der Waals surface area contributed by atoms with E-state index in [0.29, 0.717) is 6.61 Å². The monoisotopic (exact) mass is 354 g/mol. The fraction of sp³-hybridized carbons (Fsp3) is 0.476. The predicted octanol–water partition coefficient (Wildman–Crippen LogP) is 1.73. The fourth-order valence-corrected chi connectivity index (χ4v) is 4.90. The summed E-state index contributed by atoms with van der Waals surface area (Å²) in [7, 11) is 4.38. The van der Waals surface area contributed by atoms with Gasteiger partial charge in [0.1, 0.15) is 6.54 Å². The quantitative estimate of drug-likeness (QED) is 0.660. The van der Waals surface area contributed by atoms with Gasteiger partial charge in [0, 0.05) is 34.5 Å². The summed E-state index contributed by atoms with van der Waals surface area (Å²) in [5.74, 6) is -1.16. The van der Waals surface area contributed by atoms with E-state index in [4.69, 9.17) is 4.74 Å². The predicted molar refractivity (Wildman–Crippen MR) is 98.3 cm³/mol. The zero-order valence-corrected chi connectivity index (χ0v) is 15.7. The van der Waals surface area contributed by atoms with Crippen LogP contribution < -0.4 is 5.11 Å². The van der Waals surface area contributed by atoms with Crippen LogP contribution in [0.5, 0.6) is 0 Å². The Hall–Kier alpha value is -2.11. The highest BCUT2D eigenvalue weighted by molar-refractivity contribution is 5.90. The second kappa shape index (κ2) is 5.96. The molecule has 4 rings (SSSR count). The number of hydrogen-bond donors (Lipinski definition) is 1. The molecule has 2 atom stereocenters. The number of fused-ring (bicyclic) bond motifs is 3. The molecule has 1 fully saturated rings. The van der Waals surface area contributed by atoms with Crippen LogP contribution in [0, 0.1) is 5.92 Å². The summed E-state index contributed by atoms with van der Waals surface area (Å²) in [6, 6.07) is 7.95. The maximum Gasteiger partial charge on any atom is 0.100 e. The number of carboxylic acids is 1. The van der Waals surface area contributed by atoms with Crippen LogP contribution in [0.2, 0.25) is 0 Å². The number of nitrogens with zero attached hydrogens (tertiary/aromatic N) is 1. The minimum atomic E-state index is -1.16. The Morgan fingerprint density at radius 1 is 1.38 bits per heavy atom. The van der Waals surface area contributed by atoms with Crippen molar-refractivity contribution in [3.63, 3.8) is 0 Å². The van der Waals surface area contributed by atoms with Crippen LogP contribution in [-0.4, -0.2) is 49.2 Å². The van der Waals surface area contributed by atoms with E-state index in [2.05, 4.69) is 25.2 Å². The van der Waals surface area contributed by atoms with E-state index in [0.717, 1.165) is 46.2 Å². The van der Waals surface area contributed by atoms with E-state index in [1.807, 2.05) is 31.2 Å². The maximum absolute atomic E-state index is 12.6. The molecule has 5 heteroatoms. The first-order valence-electron chi connectivity index (χ1n) is 9.25. The van der Waals surface area contributed by atoms with Gasteiger partial charge in [-0.3, -0.25) is 0 Å². The van der Waals surface area contributed by atoms with Gasteiger partial charge in [0.25, 0.3) is 0 Å². The molecular formula is C21H26N2O3. The van der Waals surface area contributed by atoms with E-state index < -0.39 is 11.4 Å². The SMILES string of the molecule is C/C=C1/C[N+](C)(C)CCC1[C@@]1(C(=O)[O-])COCc2c1[nH]c1ccccc21. The number of nitrogens with one attached hydrogen (secondary N) is 1. The molecule has 5 nitrogen and oxygen atoms in total. The average Bonchev–Trinajstić information content (AvgIpc) is 3.00. The van der Waals surface area contributed by atoms with Crippen LogP contribution >= 0.6 is 0 Å². The van der Waals surface area contributed by atoms with E-state index >= 15 is 0 Å². The number of benzene rings is 1. The number of aromatic amines is 1. The molecule has 2 aliphatic rings. The summed E-state index contributed by atoms with van der Waals surface area (Å²) in [4.78, 5) is 16.0. The zero-order valence-electron chi connectivity index (χ0n) is 15.7. The van der Waals surface area contributed by atoms with Crippen LogP contribution in [0.3, 0.4) is 0 Å². The Morgan fingerprint density at radius 2 is 2.15 bits per heavy atom. The minimum Gasteiger partial charge on any atom is -0.549 e. The Morgan fingerprint density at radius 3 is 2.88 bits per heavy atom. The molecule has 0 amide bonds. The van der Waals surface area contributed by atoms with Gasteiger partial charge in [0.15, 0.2) is 0 Å². The van der Waals surface area contributed by atoms with Gasteiger partial charge in [-0.1, -0.05) is 24.3 Å². The highest BCUT2D eigenvalue weighted by atomic mass is 16.5. The lowest BCUT2D eigenvalue weighted by molar-refractivity contribution is -0.890. The molecule has 0 radical (unpaired) electrons. The zero-order chi connectivity index (χ0) is 18.5. The third kappa shape index (κ3) is 2.42. The van der Waals surface area contributed by atoms with Crippen LogP contribution in [0.25, 0.3) is 10.9 Å². The molecule has 2 aliphatic heterocycles. The second-order valence-corrected chi connectivity index (χ2v) is 8.30. The van der Waals surface area contributed by atoms with Gasteiger partial charge < -0.3 is 24.1 Å². The number of carboxylic acid groups (broad SMARTS) is 1. The van der Waals surface area contributed by atoms with Crippen LogP contribution in [0.4, 0.5) is 0 Å². The number of likely N-dealkylation sites (N-methyl/N-ethyl adjacent to an activating group) is 1. The Labute approximate surface area is 153 Å². The summed E-state index contributed by atoms with van der Waals surface area (Å²) >= 11 is 0. The van der Waals surface area contributed by atoms with Gasteiger partial charge in [0.05, 0.1) is 45.2 Å². The number of para-hydroxylation sites is 1. The summed E-state index contributed by atoms with van der Waals surface area (Å²) in [5, 5.41) is 13.6. The van der Waals surface area contributed by atoms with Gasteiger partial charge in [-0.2, -0.15) is 0 Å². The molecule has 2 aromatic rings. The van der Waals surface area contributed by atoms with Crippen molar-refractivity contribution < 1.29 is 19.1 Å². The number of carbonyl (C=O) groups excluding carboxylic acids is 1. The standard InChI is InChI=1S/C21H26N2O3/c1-4-14-11-23(2,3)10-9-17(14)21(20(24)25)13-26-12-16-15-7-5-6-8-18(15)22-19(16)21/h4-8,17,22H,9-13H2,1-3H3/b14-4-/t17?,21-/m0/s1. The molecule has 26 heavy (non-hydrogen) atoms. The molecule has 1 unspecified atom stereocenters. The highest BCUT2D eigenvalue weighted by Gasteiger charge is 2.51. The number of likely N-dealkylation sites (tertiary alicyclic amines) is 1. The van der Waals surface area contributed by atoms with Crippen molar-refractivity contribution in [3.05, 3.63) is 47.2 Å². The molecular weight excluding hydrogens is 328 g/mol. The summed E-state index contributed by atoms with van der Waals surface area (Å²) in [6.45, 7) is 4.39. The van der Waals surface area contributed by atoms with E-state index in [-0.39, 0.29) is 12.5 Å². The summed E-state index contributed by atoms with van der Waals surface area (Å²) < 4.78 is 6.74. The van der Waals surface area contributed by atoms with Gasteiger partial charge in [-0.25, -0.2) is 0 Å². The second-order valence-electron chi connectivity index (χ2n) is 8.30. The largest absolute Gasteiger partial charge is 0.549 e. The van der Waals surface area contributed by atoms with Crippen molar-refractivity contribution in [1.82, 2.24) is 4.98 Å². The molecule has 1 saturated heterocycles. The van der Waals surface area contributed by atoms with Crippen LogP contribution in [-0.2, 0) is 21.6 Å². The number of quaternary nitrogens is 1. The van der Waals surface area contributed by atoms with Crippen molar-refractivity contribution in [2.75, 3.05) is 33.8 Å². The van der Waals surface area contributed by atoms with E-state index in [1.54, 1.807) is 0 Å². The summed E-state index contributed by atoms with van der Waals surface area (Å²) in [5.41, 5.74) is 2.73. The molecule has 1 aromatic carbocycles. The summed E-state index contributed by atoms with van der Waals surface area (Å²) in [6.07, 6.45) is 2.89. The normalized spacial score (nSPS) is 29.7. The van der Waals surface area contributed by atoms with Crippen molar-refractivity contribution in [2.45, 2.75) is 25.4 Å². The average molecular weight is 354 g/mol. The van der Waals surface area contributed by atoms with Crippen molar-refractivity contribution in [3.8, 4) is 0 Å². The first kappa shape index (κ1) is 17.3. The molecule has 1 N–H and O–H groups in total. The number of H-pyrrole nitrogens is 1. The highest BCUT2D eigenvalue weighted by Crippen LogP contribution is 2.46. The number of aliphatic carboxylic acids is 1. The molecule has 0 spiro atoms. The van der Waals surface area contributed by atoms with Crippen LogP contribution in [0.1, 0.15) is 24.6 Å². The Balaban J connectivity index is 1.91. The van der Waals surface area contributed by atoms with Crippen molar-refractivity contribution in [2.24, 2.45) is 5.92 Å². The fourth-order valence-electron chi connectivity index (χ4n) is 4.90. The van der Waals surface area contributed by atoms with Gasteiger partial charge in [-0.15, -0.1) is 0 Å². The Bertz CT molecular complexity index is 896. The number of hydrogen-bond acceptors (Lipinski definition) is 3. The van der Waals surface area contributed by atoms with E-state index in [1.165, 1.54) is 5.57 Å². The number of piperidine rings is 1. The topological polar surface area (TPSA) is 65.2 Å². The third-order valence-corrected chi connectivity index (χ3v) is 6.25. The number of ether oxygens (including phenoxy) is 1. The number of rotatable bonds is 2. The lowest BCUT2D eigenvalue weighted by Crippen LogP contribution is -2.60. The lowest BCUT2D eigenvalue weighted by atomic mass is 9.65. The van der Waals surface area contributed by atoms with Gasteiger partial charge in [-0.05, 0) is 18.6 Å². The number of carbonyl (C=O) groups is 1. The van der Waals surface area contributed by atoms with E-state index in [9.17, 15) is 9.90 Å². The maximum atomic E-state index is 12.6. The minimum absolute atomic E-state index is 0.115. The Kier molecular flexibility index (Phi) is 3.97. The molecule has 0 bridgehead atoms. The molecule has 138 valence electrons. The lowest BCUT2D eigenvalue weighted by Gasteiger charge is -2.49. The molecule has 1 aromatic heterocycles.